The molecule has 0 amide bonds. The molecule has 1 fully saturated rings. The third-order valence-corrected chi connectivity index (χ3v) is 5.49. The Morgan fingerprint density at radius 3 is 2.65 bits per heavy atom. The Hall–Kier alpha value is -2.12. The average Bonchev–Trinajstić information content (AvgIpc) is 3.12. The summed E-state index contributed by atoms with van der Waals surface area (Å²) < 4.78 is 4.17. The van der Waals surface area contributed by atoms with Crippen LogP contribution in [0.5, 0.6) is 0 Å². The van der Waals surface area contributed by atoms with Crippen molar-refractivity contribution in [3.63, 3.8) is 0 Å². The molecule has 1 aliphatic rings. The van der Waals surface area contributed by atoms with Crippen LogP contribution in [0, 0.1) is 5.41 Å². The van der Waals surface area contributed by atoms with Crippen molar-refractivity contribution >= 4 is 46.8 Å². The van der Waals surface area contributed by atoms with E-state index in [4.69, 9.17) is 33.7 Å². The molecule has 1 saturated carbocycles. The van der Waals surface area contributed by atoms with Crippen molar-refractivity contribution in [2.75, 3.05) is 11.1 Å². The molecule has 1 heterocycles. The monoisotopic (exact) mass is 395 g/mol. The number of hydrogen-bond donors (Lipinski definition) is 2. The molecule has 0 bridgehead atoms. The van der Waals surface area contributed by atoms with Gasteiger partial charge in [0.1, 0.15) is 9.75 Å². The second kappa shape index (κ2) is 6.89. The van der Waals surface area contributed by atoms with Gasteiger partial charge in [0.05, 0.1) is 0 Å². The maximum absolute atomic E-state index is 12.2. The molecule has 3 rings (SSSR count). The highest BCUT2D eigenvalue weighted by Gasteiger charge is 2.69. The number of carbonyl (C=O) groups excluding carboxylic acids is 1. The molecule has 1 aliphatic carbocycles. The van der Waals surface area contributed by atoms with Crippen molar-refractivity contribution < 1.29 is 9.53 Å². The van der Waals surface area contributed by atoms with Crippen LogP contribution < -0.4 is 11.1 Å². The highest BCUT2D eigenvalue weighted by molar-refractivity contribution is 6.53. The van der Waals surface area contributed by atoms with Crippen LogP contribution in [0.1, 0.15) is 31.7 Å². The fraction of sp³-hybridized carbons (Fsp3) is 0.412. The summed E-state index contributed by atoms with van der Waals surface area (Å²) in [5.41, 5.74) is 6.83. The van der Waals surface area contributed by atoms with Crippen LogP contribution in [0.25, 0.3) is 0 Å². The second-order valence-electron chi connectivity index (χ2n) is 6.36. The lowest BCUT2D eigenvalue weighted by atomic mass is 10.1. The van der Waals surface area contributed by atoms with Crippen molar-refractivity contribution in [1.29, 1.82) is 0 Å². The summed E-state index contributed by atoms with van der Waals surface area (Å²) in [6.45, 7) is 3.57. The minimum atomic E-state index is -1.08. The summed E-state index contributed by atoms with van der Waals surface area (Å²) in [4.78, 5) is 24.5. The first kappa shape index (κ1) is 18.7. The molecular formula is C17H19Cl2N5O2. The van der Waals surface area contributed by atoms with Gasteiger partial charge in [0.2, 0.25) is 11.9 Å². The van der Waals surface area contributed by atoms with Gasteiger partial charge in [-0.25, -0.2) is 0 Å². The lowest BCUT2D eigenvalue weighted by Gasteiger charge is -2.12. The van der Waals surface area contributed by atoms with E-state index in [1.807, 2.05) is 24.3 Å². The van der Waals surface area contributed by atoms with Crippen LogP contribution in [0.15, 0.2) is 24.3 Å². The number of nitrogens with two attached hydrogens (primary N) is 1. The van der Waals surface area contributed by atoms with E-state index in [9.17, 15) is 4.79 Å². The number of ether oxygens (including phenoxy) is 1. The number of halogens is 2. The van der Waals surface area contributed by atoms with Gasteiger partial charge in [0, 0.05) is 12.1 Å². The number of anilines is 3. The predicted molar refractivity (Wildman–Crippen MR) is 100 cm³/mol. The zero-order valence-corrected chi connectivity index (χ0v) is 15.9. The molecule has 1 atom stereocenters. The van der Waals surface area contributed by atoms with Gasteiger partial charge in [-0.3, -0.25) is 4.79 Å². The molecule has 0 radical (unpaired) electrons. The second-order valence-corrected chi connectivity index (χ2v) is 7.84. The van der Waals surface area contributed by atoms with E-state index in [2.05, 4.69) is 27.2 Å². The Morgan fingerprint density at radius 1 is 1.31 bits per heavy atom. The Bertz CT molecular complexity index is 846. The fourth-order valence-corrected chi connectivity index (χ4v) is 3.23. The first-order chi connectivity index (χ1) is 12.2. The molecule has 0 aliphatic heterocycles. The number of alkyl halides is 2. The number of nitrogens with one attached hydrogen (secondary N) is 1. The molecule has 26 heavy (non-hydrogen) atoms. The van der Waals surface area contributed by atoms with Crippen LogP contribution in [-0.2, 0) is 22.6 Å². The number of nitrogen functional groups attached to an aromatic ring is 1. The van der Waals surface area contributed by atoms with Crippen molar-refractivity contribution in [1.82, 2.24) is 15.0 Å². The van der Waals surface area contributed by atoms with Gasteiger partial charge in [0.25, 0.3) is 0 Å². The smallest absolute Gasteiger partial charge is 0.315 e. The maximum atomic E-state index is 12.2. The summed E-state index contributed by atoms with van der Waals surface area (Å²) in [6, 6.07) is 7.81. The first-order valence-electron chi connectivity index (χ1n) is 8.15. The van der Waals surface area contributed by atoms with Crippen LogP contribution in [0.4, 0.5) is 17.6 Å². The lowest BCUT2D eigenvalue weighted by molar-refractivity contribution is -0.151. The molecule has 0 saturated heterocycles. The van der Waals surface area contributed by atoms with Gasteiger partial charge in [-0.15, -0.1) is 23.2 Å². The summed E-state index contributed by atoms with van der Waals surface area (Å²) in [5, 5.41) is 3.12. The first-order valence-corrected chi connectivity index (χ1v) is 8.91. The molecular weight excluding hydrogens is 377 g/mol. The number of esters is 1. The van der Waals surface area contributed by atoms with Gasteiger partial charge in [-0.05, 0) is 25.0 Å². The number of aryl methyl sites for hydroxylation is 1. The number of nitrogens with zero attached hydrogens (tertiary/aromatic N) is 3. The third kappa shape index (κ3) is 3.68. The molecule has 7 nitrogen and oxygen atoms in total. The standard InChI is InChI=1S/C17H19Cl2N5O2/c1-3-10-6-4-5-7-11(10)21-15-23-12(22-14(20)24-15)8-26-13(25)16(2)9-17(16,18)19/h4-7H,3,8-9H2,1-2H3,(H3,20,21,22,23,24)/t16-/m1/s1. The zero-order valence-electron chi connectivity index (χ0n) is 14.4. The van der Waals surface area contributed by atoms with E-state index >= 15 is 0 Å². The molecule has 2 aromatic rings. The van der Waals surface area contributed by atoms with Crippen molar-refractivity contribution in [2.24, 2.45) is 5.41 Å². The molecule has 0 spiro atoms. The summed E-state index contributed by atoms with van der Waals surface area (Å²) in [7, 11) is 0. The summed E-state index contributed by atoms with van der Waals surface area (Å²) in [6.07, 6.45) is 1.20. The lowest BCUT2D eigenvalue weighted by Crippen LogP contribution is -2.21. The Balaban J connectivity index is 1.71. The summed E-state index contributed by atoms with van der Waals surface area (Å²) in [5.74, 6) is 0.0592. The van der Waals surface area contributed by atoms with E-state index in [0.717, 1.165) is 17.7 Å². The molecule has 138 valence electrons. The molecule has 1 aromatic carbocycles. The van der Waals surface area contributed by atoms with Gasteiger partial charge in [-0.2, -0.15) is 15.0 Å². The van der Waals surface area contributed by atoms with Crippen LogP contribution in [-0.4, -0.2) is 25.3 Å². The third-order valence-electron chi connectivity index (χ3n) is 4.38. The minimum absolute atomic E-state index is 0.0317. The minimum Gasteiger partial charge on any atom is -0.457 e. The van der Waals surface area contributed by atoms with E-state index in [1.54, 1.807) is 6.92 Å². The zero-order chi connectivity index (χ0) is 18.9. The number of hydrogen-bond acceptors (Lipinski definition) is 7. The van der Waals surface area contributed by atoms with E-state index in [0.29, 0.717) is 6.42 Å². The Kier molecular flexibility index (Phi) is 4.94. The van der Waals surface area contributed by atoms with Crippen LogP contribution >= 0.6 is 23.2 Å². The van der Waals surface area contributed by atoms with Gasteiger partial charge in [0.15, 0.2) is 12.4 Å². The van der Waals surface area contributed by atoms with Crippen LogP contribution in [0.2, 0.25) is 0 Å². The largest absolute Gasteiger partial charge is 0.457 e. The van der Waals surface area contributed by atoms with E-state index in [1.165, 1.54) is 0 Å². The number of benzene rings is 1. The van der Waals surface area contributed by atoms with E-state index in [-0.39, 0.29) is 24.3 Å². The number of aromatic nitrogens is 3. The number of para-hydroxylation sites is 1. The molecule has 1 aromatic heterocycles. The van der Waals surface area contributed by atoms with Crippen molar-refractivity contribution in [3.05, 3.63) is 35.7 Å². The molecule has 3 N–H and O–H groups in total. The maximum Gasteiger partial charge on any atom is 0.315 e. The van der Waals surface area contributed by atoms with Gasteiger partial charge >= 0.3 is 5.97 Å². The average molecular weight is 396 g/mol. The summed E-state index contributed by atoms with van der Waals surface area (Å²) >= 11 is 12.0. The van der Waals surface area contributed by atoms with Gasteiger partial charge in [-0.1, -0.05) is 25.1 Å². The predicted octanol–water partition coefficient (Wildman–Crippen LogP) is 3.39. The highest BCUT2D eigenvalue weighted by atomic mass is 35.5. The Morgan fingerprint density at radius 2 is 2.00 bits per heavy atom. The Labute approximate surface area is 161 Å². The SMILES string of the molecule is CCc1ccccc1Nc1nc(N)nc(COC(=O)[C@@]2(C)CC2(Cl)Cl)n1. The van der Waals surface area contributed by atoms with Gasteiger partial charge < -0.3 is 15.8 Å². The molecule has 9 heteroatoms. The van der Waals surface area contributed by atoms with E-state index < -0.39 is 15.7 Å². The fourth-order valence-electron chi connectivity index (χ4n) is 2.54. The van der Waals surface area contributed by atoms with Crippen molar-refractivity contribution in [2.45, 2.75) is 37.6 Å². The van der Waals surface area contributed by atoms with Crippen LogP contribution in [0.3, 0.4) is 0 Å². The topological polar surface area (TPSA) is 103 Å². The highest BCUT2D eigenvalue weighted by Crippen LogP contribution is 2.64. The normalized spacial score (nSPS) is 20.5. The number of carbonyl (C=O) groups is 1. The number of rotatable bonds is 6. The van der Waals surface area contributed by atoms with Crippen molar-refractivity contribution in [3.8, 4) is 0 Å². The molecule has 0 unspecified atom stereocenters. The quantitative estimate of drug-likeness (QED) is 0.570.